The predicted octanol–water partition coefficient (Wildman–Crippen LogP) is 1.09. The Kier molecular flexibility index (Phi) is 3.21. The van der Waals surface area contributed by atoms with E-state index in [0.29, 0.717) is 26.4 Å². The molecule has 0 atom stereocenters. The smallest absolute Gasteiger partial charge is 0.216 e. The van der Waals surface area contributed by atoms with Crippen molar-refractivity contribution < 1.29 is 18.9 Å². The molecule has 2 rings (SSSR count). The summed E-state index contributed by atoms with van der Waals surface area (Å²) in [4.78, 5) is 0. The van der Waals surface area contributed by atoms with Crippen molar-refractivity contribution in [3.8, 4) is 0 Å². The Morgan fingerprint density at radius 1 is 1.00 bits per heavy atom. The van der Waals surface area contributed by atoms with Crippen LogP contribution in [0.3, 0.4) is 0 Å². The lowest BCUT2D eigenvalue weighted by Gasteiger charge is -2.42. The van der Waals surface area contributed by atoms with Crippen LogP contribution in [0, 0.1) is 5.92 Å². The second kappa shape index (κ2) is 4.45. The Morgan fingerprint density at radius 2 is 1.60 bits per heavy atom. The molecule has 2 saturated heterocycles. The molecule has 0 saturated carbocycles. The molecule has 4 heteroatoms. The monoisotopic (exact) mass is 212 g/mol. The lowest BCUT2D eigenvalue weighted by molar-refractivity contribution is -0.362. The molecule has 0 unspecified atom stereocenters. The molecule has 2 aliphatic rings. The van der Waals surface area contributed by atoms with E-state index in [1.807, 2.05) is 6.08 Å². The van der Waals surface area contributed by atoms with E-state index >= 15 is 0 Å². The summed E-state index contributed by atoms with van der Waals surface area (Å²) in [5.74, 6) is -0.466. The maximum absolute atomic E-state index is 5.62. The SMILES string of the molecule is C=CC1COC2(COC(C=C)OC2)OC1. The summed E-state index contributed by atoms with van der Waals surface area (Å²) in [5.41, 5.74) is 0. The molecular weight excluding hydrogens is 196 g/mol. The van der Waals surface area contributed by atoms with Crippen LogP contribution in [-0.2, 0) is 18.9 Å². The summed E-state index contributed by atoms with van der Waals surface area (Å²) >= 11 is 0. The van der Waals surface area contributed by atoms with Crippen molar-refractivity contribution in [1.82, 2.24) is 0 Å². The van der Waals surface area contributed by atoms with E-state index in [0.717, 1.165) is 0 Å². The predicted molar refractivity (Wildman–Crippen MR) is 54.2 cm³/mol. The van der Waals surface area contributed by atoms with Gasteiger partial charge in [-0.15, -0.1) is 6.58 Å². The first kappa shape index (κ1) is 10.8. The third kappa shape index (κ3) is 2.29. The second-order valence-corrected chi connectivity index (χ2v) is 3.75. The fraction of sp³-hybridized carbons (Fsp3) is 0.636. The topological polar surface area (TPSA) is 36.9 Å². The summed E-state index contributed by atoms with van der Waals surface area (Å²) in [6.07, 6.45) is 3.10. The zero-order chi connectivity index (χ0) is 10.7. The van der Waals surface area contributed by atoms with Gasteiger partial charge >= 0.3 is 0 Å². The largest absolute Gasteiger partial charge is 0.345 e. The third-order valence-corrected chi connectivity index (χ3v) is 2.58. The van der Waals surface area contributed by atoms with Gasteiger partial charge in [0, 0.05) is 5.92 Å². The first-order valence-corrected chi connectivity index (χ1v) is 5.04. The van der Waals surface area contributed by atoms with Gasteiger partial charge in [-0.1, -0.05) is 12.7 Å². The van der Waals surface area contributed by atoms with Gasteiger partial charge in [0.05, 0.1) is 13.2 Å². The first-order chi connectivity index (χ1) is 7.28. The summed E-state index contributed by atoms with van der Waals surface area (Å²) in [6, 6.07) is 0. The molecule has 0 amide bonds. The molecule has 0 aromatic rings. The average molecular weight is 212 g/mol. The van der Waals surface area contributed by atoms with Gasteiger partial charge in [0.25, 0.3) is 0 Å². The average Bonchev–Trinajstić information content (AvgIpc) is 2.31. The van der Waals surface area contributed by atoms with Crippen LogP contribution < -0.4 is 0 Å². The molecule has 15 heavy (non-hydrogen) atoms. The minimum atomic E-state index is -0.723. The minimum absolute atomic E-state index is 0.257. The van der Waals surface area contributed by atoms with E-state index in [9.17, 15) is 0 Å². The molecule has 2 heterocycles. The lowest BCUT2D eigenvalue weighted by atomic mass is 10.1. The van der Waals surface area contributed by atoms with Crippen molar-refractivity contribution in [2.24, 2.45) is 5.92 Å². The molecular formula is C11H16O4. The molecule has 0 aromatic heterocycles. The van der Waals surface area contributed by atoms with Crippen molar-refractivity contribution in [3.05, 3.63) is 25.3 Å². The van der Waals surface area contributed by atoms with Gasteiger partial charge in [-0.2, -0.15) is 0 Å². The molecule has 1 spiro atoms. The molecule has 0 bridgehead atoms. The van der Waals surface area contributed by atoms with Gasteiger partial charge in [0.2, 0.25) is 5.79 Å². The van der Waals surface area contributed by atoms with Crippen LogP contribution in [0.1, 0.15) is 0 Å². The van der Waals surface area contributed by atoms with Gasteiger partial charge < -0.3 is 18.9 Å². The standard InChI is InChI=1S/C11H16O4/c1-3-9-5-14-11(15-6-9)7-12-10(4-2)13-8-11/h3-4,9-10H,1-2,5-8H2. The van der Waals surface area contributed by atoms with Gasteiger partial charge in [-0.05, 0) is 6.08 Å². The van der Waals surface area contributed by atoms with Crippen molar-refractivity contribution in [2.45, 2.75) is 12.1 Å². The van der Waals surface area contributed by atoms with Gasteiger partial charge in [-0.3, -0.25) is 0 Å². The van der Waals surface area contributed by atoms with Crippen LogP contribution in [0.15, 0.2) is 25.3 Å². The quantitative estimate of drug-likeness (QED) is 0.642. The number of rotatable bonds is 2. The van der Waals surface area contributed by atoms with Crippen molar-refractivity contribution in [1.29, 1.82) is 0 Å². The highest BCUT2D eigenvalue weighted by Gasteiger charge is 2.41. The van der Waals surface area contributed by atoms with E-state index in [2.05, 4.69) is 13.2 Å². The van der Waals surface area contributed by atoms with Crippen molar-refractivity contribution in [3.63, 3.8) is 0 Å². The zero-order valence-corrected chi connectivity index (χ0v) is 8.69. The molecule has 84 valence electrons. The van der Waals surface area contributed by atoms with E-state index in [-0.39, 0.29) is 12.2 Å². The van der Waals surface area contributed by atoms with Crippen LogP contribution in [0.25, 0.3) is 0 Å². The maximum Gasteiger partial charge on any atom is 0.216 e. The molecule has 2 aliphatic heterocycles. The highest BCUT2D eigenvalue weighted by atomic mass is 16.8. The van der Waals surface area contributed by atoms with Gasteiger partial charge in [0.1, 0.15) is 13.2 Å². The van der Waals surface area contributed by atoms with E-state index in [4.69, 9.17) is 18.9 Å². The van der Waals surface area contributed by atoms with E-state index in [1.165, 1.54) is 0 Å². The second-order valence-electron chi connectivity index (χ2n) is 3.75. The number of hydrogen-bond donors (Lipinski definition) is 0. The minimum Gasteiger partial charge on any atom is -0.345 e. The number of ether oxygens (including phenoxy) is 4. The molecule has 0 radical (unpaired) electrons. The van der Waals surface area contributed by atoms with Crippen LogP contribution in [0.5, 0.6) is 0 Å². The Balaban J connectivity index is 1.88. The van der Waals surface area contributed by atoms with Crippen molar-refractivity contribution in [2.75, 3.05) is 26.4 Å². The van der Waals surface area contributed by atoms with Gasteiger partial charge in [-0.25, -0.2) is 0 Å². The molecule has 0 N–H and O–H groups in total. The highest BCUT2D eigenvalue weighted by molar-refractivity contribution is 4.87. The summed E-state index contributed by atoms with van der Waals surface area (Å²) in [6.45, 7) is 9.28. The van der Waals surface area contributed by atoms with Crippen LogP contribution in [-0.4, -0.2) is 38.5 Å². The fourth-order valence-electron chi connectivity index (χ4n) is 1.55. The normalized spacial score (nSPS) is 41.3. The Labute approximate surface area is 89.5 Å². The summed E-state index contributed by atoms with van der Waals surface area (Å²) in [7, 11) is 0. The van der Waals surface area contributed by atoms with Crippen LogP contribution >= 0.6 is 0 Å². The first-order valence-electron chi connectivity index (χ1n) is 5.04. The Hall–Kier alpha value is -0.680. The molecule has 2 fully saturated rings. The third-order valence-electron chi connectivity index (χ3n) is 2.58. The zero-order valence-electron chi connectivity index (χ0n) is 8.69. The van der Waals surface area contributed by atoms with E-state index < -0.39 is 5.79 Å². The Bertz CT molecular complexity index is 205. The highest BCUT2D eigenvalue weighted by Crippen LogP contribution is 2.27. The Morgan fingerprint density at radius 3 is 2.07 bits per heavy atom. The summed E-state index contributed by atoms with van der Waals surface area (Å²) < 4.78 is 22.0. The van der Waals surface area contributed by atoms with Crippen molar-refractivity contribution >= 4 is 0 Å². The molecule has 0 aliphatic carbocycles. The lowest BCUT2D eigenvalue weighted by Crippen LogP contribution is -2.54. The van der Waals surface area contributed by atoms with E-state index in [1.54, 1.807) is 6.08 Å². The maximum atomic E-state index is 5.62. The fourth-order valence-corrected chi connectivity index (χ4v) is 1.55. The number of hydrogen-bond acceptors (Lipinski definition) is 4. The van der Waals surface area contributed by atoms with Crippen LogP contribution in [0.2, 0.25) is 0 Å². The summed E-state index contributed by atoms with van der Waals surface area (Å²) in [5, 5.41) is 0. The van der Waals surface area contributed by atoms with Crippen LogP contribution in [0.4, 0.5) is 0 Å². The molecule has 4 nitrogen and oxygen atoms in total. The molecule has 0 aromatic carbocycles. The van der Waals surface area contributed by atoms with Gasteiger partial charge in [0.15, 0.2) is 6.29 Å².